The van der Waals surface area contributed by atoms with Crippen molar-refractivity contribution >= 4 is 21.4 Å². The summed E-state index contributed by atoms with van der Waals surface area (Å²) in [7, 11) is -1.51. The fourth-order valence-electron chi connectivity index (χ4n) is 2.93. The molecule has 1 atom stereocenters. The molecule has 20 heavy (non-hydrogen) atoms. The fraction of sp³-hybridized carbons (Fsp3) is 0.714. The molecular weight excluding hydrogens is 292 g/mol. The number of hydrogen-bond acceptors (Lipinski definition) is 4. The van der Waals surface area contributed by atoms with Gasteiger partial charge in [0.15, 0.2) is 0 Å². The van der Waals surface area contributed by atoms with E-state index in [1.807, 2.05) is 19.4 Å². The summed E-state index contributed by atoms with van der Waals surface area (Å²) in [6.07, 6.45) is 3.99. The van der Waals surface area contributed by atoms with E-state index in [9.17, 15) is 8.42 Å². The third kappa shape index (κ3) is 2.93. The van der Waals surface area contributed by atoms with Gasteiger partial charge in [-0.3, -0.25) is 0 Å². The lowest BCUT2D eigenvalue weighted by atomic mass is 10.0. The highest BCUT2D eigenvalue weighted by atomic mass is 32.2. The van der Waals surface area contributed by atoms with Gasteiger partial charge >= 0.3 is 0 Å². The summed E-state index contributed by atoms with van der Waals surface area (Å²) in [5.74, 6) is 0. The smallest absolute Gasteiger partial charge is 0.244 e. The number of aryl methyl sites for hydroxylation is 1. The first-order chi connectivity index (χ1) is 9.52. The van der Waals surface area contributed by atoms with E-state index in [0.29, 0.717) is 18.0 Å². The highest BCUT2D eigenvalue weighted by molar-refractivity contribution is 7.89. The minimum atomic E-state index is -3.36. The lowest BCUT2D eigenvalue weighted by molar-refractivity contribution is 0.246. The Morgan fingerprint density at radius 1 is 1.45 bits per heavy atom. The second kappa shape index (κ2) is 6.56. The minimum Gasteiger partial charge on any atom is -0.315 e. The average molecular weight is 316 g/mol. The van der Waals surface area contributed by atoms with Crippen LogP contribution in [0.5, 0.6) is 0 Å². The molecule has 1 aromatic rings. The Bertz CT molecular complexity index is 552. The van der Waals surface area contributed by atoms with Gasteiger partial charge in [-0.15, -0.1) is 11.3 Å². The van der Waals surface area contributed by atoms with Gasteiger partial charge in [-0.25, -0.2) is 8.42 Å². The zero-order valence-electron chi connectivity index (χ0n) is 12.5. The zero-order chi connectivity index (χ0) is 14.8. The Hall–Kier alpha value is -0.430. The molecule has 0 aliphatic carbocycles. The van der Waals surface area contributed by atoms with Gasteiger partial charge in [0.2, 0.25) is 10.0 Å². The van der Waals surface area contributed by atoms with Crippen LogP contribution in [0.3, 0.4) is 0 Å². The summed E-state index contributed by atoms with van der Waals surface area (Å²) >= 11 is 1.53. The molecule has 114 valence electrons. The number of hydrogen-bond donors (Lipinski definition) is 1. The lowest BCUT2D eigenvalue weighted by Crippen LogP contribution is -2.43. The Labute approximate surface area is 126 Å². The van der Waals surface area contributed by atoms with E-state index in [1.54, 1.807) is 4.31 Å². The number of piperidine rings is 1. The van der Waals surface area contributed by atoms with Crippen molar-refractivity contribution in [2.75, 3.05) is 13.6 Å². The molecule has 2 heterocycles. The molecule has 0 saturated carbocycles. The van der Waals surface area contributed by atoms with Gasteiger partial charge < -0.3 is 5.32 Å². The quantitative estimate of drug-likeness (QED) is 0.908. The molecule has 1 unspecified atom stereocenters. The maximum atomic E-state index is 13.0. The van der Waals surface area contributed by atoms with Crippen LogP contribution in [-0.2, 0) is 16.6 Å². The van der Waals surface area contributed by atoms with Gasteiger partial charge in [-0.1, -0.05) is 13.3 Å². The molecule has 1 aromatic heterocycles. The molecule has 1 N–H and O–H groups in total. The third-order valence-electron chi connectivity index (χ3n) is 3.94. The summed E-state index contributed by atoms with van der Waals surface area (Å²) in [5, 5.41) is 5.01. The molecule has 4 nitrogen and oxygen atoms in total. The molecule has 0 aromatic carbocycles. The second-order valence-electron chi connectivity index (χ2n) is 5.37. The van der Waals surface area contributed by atoms with Crippen molar-refractivity contribution in [3.8, 4) is 0 Å². The Kier molecular flexibility index (Phi) is 5.23. The molecule has 1 saturated heterocycles. The first kappa shape index (κ1) is 15.9. The number of rotatable bonds is 5. The second-order valence-corrected chi connectivity index (χ2v) is 8.17. The van der Waals surface area contributed by atoms with Crippen LogP contribution < -0.4 is 5.32 Å². The fourth-order valence-corrected chi connectivity index (χ4v) is 6.48. The Morgan fingerprint density at radius 2 is 2.20 bits per heavy atom. The number of sulfonamides is 1. The van der Waals surface area contributed by atoms with Crippen molar-refractivity contribution in [3.63, 3.8) is 0 Å². The van der Waals surface area contributed by atoms with Gasteiger partial charge in [0.25, 0.3) is 0 Å². The predicted octanol–water partition coefficient (Wildman–Crippen LogP) is 2.73. The van der Waals surface area contributed by atoms with Crippen LogP contribution in [0.25, 0.3) is 0 Å². The summed E-state index contributed by atoms with van der Waals surface area (Å²) < 4.78 is 27.8. The van der Waals surface area contributed by atoms with Gasteiger partial charge in [0, 0.05) is 24.0 Å². The Morgan fingerprint density at radius 3 is 2.85 bits per heavy atom. The molecule has 0 bridgehead atoms. The summed E-state index contributed by atoms with van der Waals surface area (Å²) in [6.45, 7) is 5.24. The van der Waals surface area contributed by atoms with Crippen molar-refractivity contribution in [3.05, 3.63) is 15.8 Å². The maximum absolute atomic E-state index is 13.0. The molecule has 1 aliphatic rings. The van der Waals surface area contributed by atoms with Crippen LogP contribution in [0.2, 0.25) is 0 Å². The van der Waals surface area contributed by atoms with E-state index < -0.39 is 10.0 Å². The van der Waals surface area contributed by atoms with Gasteiger partial charge in [-0.05, 0) is 44.2 Å². The molecule has 0 radical (unpaired) electrons. The molecule has 2 rings (SSSR count). The molecule has 1 fully saturated rings. The molecular formula is C14H24N2O2S2. The van der Waals surface area contributed by atoms with E-state index in [-0.39, 0.29) is 6.04 Å². The van der Waals surface area contributed by atoms with Crippen LogP contribution in [0.15, 0.2) is 10.3 Å². The number of nitrogens with one attached hydrogen (secondary N) is 1. The first-order valence-electron chi connectivity index (χ1n) is 7.25. The van der Waals surface area contributed by atoms with Gasteiger partial charge in [0.1, 0.15) is 4.90 Å². The zero-order valence-corrected chi connectivity index (χ0v) is 14.1. The monoisotopic (exact) mass is 316 g/mol. The van der Waals surface area contributed by atoms with E-state index in [0.717, 1.165) is 36.1 Å². The number of nitrogens with zero attached hydrogens (tertiary/aromatic N) is 1. The topological polar surface area (TPSA) is 49.4 Å². The Balaban J connectivity index is 2.41. The average Bonchev–Trinajstić information content (AvgIpc) is 2.81. The van der Waals surface area contributed by atoms with Crippen LogP contribution in [0.1, 0.15) is 43.0 Å². The molecule has 0 spiro atoms. The van der Waals surface area contributed by atoms with Gasteiger partial charge in [0.05, 0.1) is 0 Å². The standard InChI is InChI=1S/C14H24N2O2S2/c1-4-12-7-5-6-8-16(12)20(17,18)14-11(2)10-19-13(14)9-15-3/h10,12,15H,4-9H2,1-3H3. The van der Waals surface area contributed by atoms with Crippen LogP contribution in [0.4, 0.5) is 0 Å². The molecule has 1 aliphatic heterocycles. The van der Waals surface area contributed by atoms with Crippen molar-refractivity contribution in [2.24, 2.45) is 0 Å². The van der Waals surface area contributed by atoms with Crippen LogP contribution in [-0.4, -0.2) is 32.4 Å². The summed E-state index contributed by atoms with van der Waals surface area (Å²) in [4.78, 5) is 1.46. The van der Waals surface area contributed by atoms with Crippen LogP contribution in [0, 0.1) is 6.92 Å². The van der Waals surface area contributed by atoms with Gasteiger partial charge in [-0.2, -0.15) is 4.31 Å². The summed E-state index contributed by atoms with van der Waals surface area (Å²) in [5.41, 5.74) is 0.876. The van der Waals surface area contributed by atoms with E-state index in [1.165, 1.54) is 11.3 Å². The van der Waals surface area contributed by atoms with E-state index in [2.05, 4.69) is 12.2 Å². The molecule has 0 amide bonds. The van der Waals surface area contributed by atoms with Crippen molar-refractivity contribution in [2.45, 2.75) is 57.0 Å². The van der Waals surface area contributed by atoms with E-state index >= 15 is 0 Å². The summed E-state index contributed by atoms with van der Waals surface area (Å²) in [6, 6.07) is 0.162. The van der Waals surface area contributed by atoms with Crippen LogP contribution >= 0.6 is 11.3 Å². The van der Waals surface area contributed by atoms with E-state index in [4.69, 9.17) is 0 Å². The normalized spacial score (nSPS) is 21.2. The van der Waals surface area contributed by atoms with Crippen molar-refractivity contribution in [1.29, 1.82) is 0 Å². The van der Waals surface area contributed by atoms with Crippen molar-refractivity contribution < 1.29 is 8.42 Å². The minimum absolute atomic E-state index is 0.162. The highest BCUT2D eigenvalue weighted by Gasteiger charge is 2.35. The third-order valence-corrected chi connectivity index (χ3v) is 7.35. The van der Waals surface area contributed by atoms with Crippen molar-refractivity contribution in [1.82, 2.24) is 9.62 Å². The first-order valence-corrected chi connectivity index (χ1v) is 9.57. The molecule has 6 heteroatoms. The SMILES string of the molecule is CCC1CCCCN1S(=O)(=O)c1c(C)csc1CNC. The maximum Gasteiger partial charge on any atom is 0.244 e. The largest absolute Gasteiger partial charge is 0.315 e. The number of thiophene rings is 1. The highest BCUT2D eigenvalue weighted by Crippen LogP contribution is 2.33. The predicted molar refractivity (Wildman–Crippen MR) is 83.6 cm³/mol. The lowest BCUT2D eigenvalue weighted by Gasteiger charge is -2.34.